The number of benzene rings is 7. The van der Waals surface area contributed by atoms with E-state index >= 15 is 4.39 Å². The Morgan fingerprint density at radius 2 is 1.16 bits per heavy atom. The van der Waals surface area contributed by atoms with E-state index in [-0.39, 0.29) is 22.1 Å². The van der Waals surface area contributed by atoms with Crippen LogP contribution in [0.5, 0.6) is 0 Å². The maximum Gasteiger partial charge on any atom is 0.184 e. The zero-order valence-corrected chi connectivity index (χ0v) is 40.7. The highest BCUT2D eigenvalue weighted by atomic mass is 35.5. The predicted octanol–water partition coefficient (Wildman–Crippen LogP) is 14.5. The molecular weight excluding hydrogens is 819 g/mol. The summed E-state index contributed by atoms with van der Waals surface area (Å²) < 4.78 is 17.1. The fourth-order valence-corrected chi connectivity index (χ4v) is 16.5. The number of para-hydroxylation sites is 2. The quantitative estimate of drug-likeness (QED) is 0.119. The van der Waals surface area contributed by atoms with Crippen molar-refractivity contribution in [3.63, 3.8) is 0 Å². The zero-order valence-electron chi connectivity index (χ0n) is 38.9. The zero-order chi connectivity index (χ0) is 45.0. The normalized spacial score (nSPS) is 15.8. The summed E-state index contributed by atoms with van der Waals surface area (Å²) in [6, 6.07) is 56.5. The lowest BCUT2D eigenvalue weighted by Crippen LogP contribution is -2.77. The standard InChI is InChI=1S/C59H62ClFN2Si/c1-9-11-34-57(3,4)47-32-30-43(37-41(47)10-2)62(44-31-33-48-49(40-44)59(7,8)36-35-58(48,5)6)52-38-42(61)39-53(56(52)60)63-50-26-18-20-28-54(50)64(45-22-14-12-15-23-45,46-24-16-13-17-25-46)55-29-21-19-27-51(55)63/h12-33,37-40H,9-11,34-36H2,1-8H3. The average molecular weight is 882 g/mol. The first-order valence-electron chi connectivity index (χ1n) is 23.4. The largest absolute Gasteiger partial charge is 0.309 e. The molecule has 0 fully saturated rings. The summed E-state index contributed by atoms with van der Waals surface area (Å²) in [6.07, 6.45) is 6.56. The van der Waals surface area contributed by atoms with Crippen molar-refractivity contribution in [1.82, 2.24) is 0 Å². The molecule has 1 aliphatic carbocycles. The summed E-state index contributed by atoms with van der Waals surface area (Å²) in [5.41, 5.74) is 10.6. The SMILES string of the molecule is CCCCC(C)(C)c1ccc(N(c2ccc3c(c2)C(C)(C)CCC3(C)C)c2cc(F)cc(N3c4ccccc4[Si](c4ccccc4)(c4ccccc4)c4ccccc43)c2Cl)cc1CC. The minimum absolute atomic E-state index is 0.0168. The van der Waals surface area contributed by atoms with E-state index in [1.807, 2.05) is 0 Å². The molecule has 2 aliphatic rings. The van der Waals surface area contributed by atoms with E-state index in [4.69, 9.17) is 11.6 Å². The van der Waals surface area contributed by atoms with E-state index in [9.17, 15) is 0 Å². The van der Waals surface area contributed by atoms with Crippen molar-refractivity contribution in [2.75, 3.05) is 9.80 Å². The van der Waals surface area contributed by atoms with E-state index in [2.05, 4.69) is 211 Å². The van der Waals surface area contributed by atoms with Crippen molar-refractivity contribution in [3.05, 3.63) is 191 Å². The summed E-state index contributed by atoms with van der Waals surface area (Å²) in [4.78, 5) is 4.45. The lowest BCUT2D eigenvalue weighted by Gasteiger charge is -2.45. The molecule has 64 heavy (non-hydrogen) atoms. The average Bonchev–Trinajstić information content (AvgIpc) is 3.30. The van der Waals surface area contributed by atoms with Gasteiger partial charge in [0, 0.05) is 22.7 Å². The number of aryl methyl sites for hydroxylation is 1. The van der Waals surface area contributed by atoms with Crippen LogP contribution in [0.4, 0.5) is 38.5 Å². The number of fused-ring (bicyclic) bond motifs is 3. The lowest BCUT2D eigenvalue weighted by molar-refractivity contribution is 0.332. The predicted molar refractivity (Wildman–Crippen MR) is 275 cm³/mol. The number of rotatable bonds is 11. The summed E-state index contributed by atoms with van der Waals surface area (Å²) in [5, 5.41) is 5.55. The van der Waals surface area contributed by atoms with Gasteiger partial charge < -0.3 is 9.80 Å². The second-order valence-electron chi connectivity index (χ2n) is 20.1. The third-order valence-electron chi connectivity index (χ3n) is 14.7. The second kappa shape index (κ2) is 16.9. The second-order valence-corrected chi connectivity index (χ2v) is 24.2. The molecule has 7 aromatic carbocycles. The fraction of sp³-hybridized carbons (Fsp3) is 0.288. The molecule has 0 saturated carbocycles. The van der Waals surface area contributed by atoms with Gasteiger partial charge in [-0.2, -0.15) is 0 Å². The third-order valence-corrected chi connectivity index (χ3v) is 19.9. The van der Waals surface area contributed by atoms with Crippen molar-refractivity contribution < 1.29 is 4.39 Å². The number of hydrogen-bond acceptors (Lipinski definition) is 2. The Labute approximate surface area is 387 Å². The summed E-state index contributed by atoms with van der Waals surface area (Å²) in [5.74, 6) is -0.345. The molecule has 0 bridgehead atoms. The Morgan fingerprint density at radius 3 is 1.73 bits per heavy atom. The third kappa shape index (κ3) is 7.31. The van der Waals surface area contributed by atoms with Crippen molar-refractivity contribution in [2.45, 2.75) is 110 Å². The van der Waals surface area contributed by atoms with Crippen LogP contribution in [0.3, 0.4) is 0 Å². The lowest BCUT2D eigenvalue weighted by atomic mass is 9.63. The number of anilines is 6. The minimum atomic E-state index is -2.89. The molecular formula is C59H62ClFN2Si. The highest BCUT2D eigenvalue weighted by Crippen LogP contribution is 2.52. The molecule has 2 nitrogen and oxygen atoms in total. The molecule has 0 aromatic heterocycles. The molecule has 1 heterocycles. The molecule has 0 N–H and O–H groups in total. The molecule has 0 unspecified atom stereocenters. The van der Waals surface area contributed by atoms with Gasteiger partial charge in [-0.25, -0.2) is 4.39 Å². The van der Waals surface area contributed by atoms with Crippen LogP contribution < -0.4 is 30.5 Å². The van der Waals surface area contributed by atoms with Crippen LogP contribution in [-0.4, -0.2) is 8.07 Å². The number of nitrogens with zero attached hydrogens (tertiary/aromatic N) is 2. The van der Waals surface area contributed by atoms with Gasteiger partial charge in [0.15, 0.2) is 8.07 Å². The summed E-state index contributed by atoms with van der Waals surface area (Å²) >= 11 is 7.99. The van der Waals surface area contributed by atoms with Crippen molar-refractivity contribution >= 4 is 74.5 Å². The maximum atomic E-state index is 17.1. The molecule has 1 aliphatic heterocycles. The van der Waals surface area contributed by atoms with E-state index in [1.165, 1.54) is 49.4 Å². The number of halogens is 2. The number of hydrogen-bond donors (Lipinski definition) is 0. The molecule has 326 valence electrons. The first-order valence-corrected chi connectivity index (χ1v) is 25.8. The van der Waals surface area contributed by atoms with E-state index in [0.717, 1.165) is 54.9 Å². The van der Waals surface area contributed by atoms with Crippen LogP contribution in [-0.2, 0) is 22.7 Å². The maximum absolute atomic E-state index is 17.1. The molecule has 0 radical (unpaired) electrons. The Hall–Kier alpha value is -5.42. The molecule has 0 saturated heterocycles. The van der Waals surface area contributed by atoms with Crippen LogP contribution in [0.15, 0.2) is 158 Å². The van der Waals surface area contributed by atoms with Crippen molar-refractivity contribution in [1.29, 1.82) is 0 Å². The first-order chi connectivity index (χ1) is 30.7. The van der Waals surface area contributed by atoms with Gasteiger partial charge in [0.1, 0.15) is 5.82 Å². The number of unbranched alkanes of at least 4 members (excludes halogenated alkanes) is 1. The Morgan fingerprint density at radius 1 is 0.625 bits per heavy atom. The van der Waals surface area contributed by atoms with Crippen LogP contribution in [0.1, 0.15) is 110 Å². The Bertz CT molecular complexity index is 2740. The molecule has 0 spiro atoms. The van der Waals surface area contributed by atoms with E-state index in [1.54, 1.807) is 12.1 Å². The molecule has 0 atom stereocenters. The highest BCUT2D eigenvalue weighted by Gasteiger charge is 2.49. The smallest absolute Gasteiger partial charge is 0.184 e. The van der Waals surface area contributed by atoms with Gasteiger partial charge in [0.25, 0.3) is 0 Å². The van der Waals surface area contributed by atoms with E-state index in [0.29, 0.717) is 16.4 Å². The van der Waals surface area contributed by atoms with Gasteiger partial charge in [-0.05, 0) is 133 Å². The van der Waals surface area contributed by atoms with Crippen LogP contribution >= 0.6 is 11.6 Å². The van der Waals surface area contributed by atoms with Crippen LogP contribution in [0.25, 0.3) is 0 Å². The highest BCUT2D eigenvalue weighted by molar-refractivity contribution is 7.21. The van der Waals surface area contributed by atoms with Gasteiger partial charge in [-0.15, -0.1) is 0 Å². The van der Waals surface area contributed by atoms with Gasteiger partial charge in [0.05, 0.1) is 16.4 Å². The van der Waals surface area contributed by atoms with Crippen molar-refractivity contribution in [3.8, 4) is 0 Å². The van der Waals surface area contributed by atoms with Gasteiger partial charge >= 0.3 is 0 Å². The molecule has 7 aromatic rings. The van der Waals surface area contributed by atoms with Gasteiger partial charge in [0.2, 0.25) is 0 Å². The van der Waals surface area contributed by atoms with Crippen molar-refractivity contribution in [2.24, 2.45) is 0 Å². The monoisotopic (exact) mass is 880 g/mol. The van der Waals surface area contributed by atoms with Crippen LogP contribution in [0.2, 0.25) is 5.02 Å². The van der Waals surface area contributed by atoms with Gasteiger partial charge in [-0.3, -0.25) is 0 Å². The summed E-state index contributed by atoms with van der Waals surface area (Å²) in [7, 11) is -2.89. The molecule has 0 amide bonds. The van der Waals surface area contributed by atoms with E-state index < -0.39 is 8.07 Å². The molecule has 9 rings (SSSR count). The Kier molecular flexibility index (Phi) is 11.5. The van der Waals surface area contributed by atoms with Gasteiger partial charge in [-0.1, -0.05) is 189 Å². The minimum Gasteiger partial charge on any atom is -0.309 e. The Balaban J connectivity index is 1.30. The van der Waals surface area contributed by atoms with Crippen LogP contribution in [0, 0.1) is 5.82 Å². The first kappa shape index (κ1) is 43.8. The topological polar surface area (TPSA) is 6.48 Å². The molecule has 5 heteroatoms. The summed E-state index contributed by atoms with van der Waals surface area (Å²) in [6.45, 7) is 18.7. The fourth-order valence-electron chi connectivity index (χ4n) is 11.1.